The summed E-state index contributed by atoms with van der Waals surface area (Å²) < 4.78 is 2.62. The molecule has 0 bridgehead atoms. The number of rotatable bonds is 3. The number of imidazole rings is 1. The number of fused-ring (bicyclic) bond motifs is 1. The fourth-order valence-electron chi connectivity index (χ4n) is 3.81. The van der Waals surface area contributed by atoms with Crippen LogP contribution in [0.25, 0.3) is 11.0 Å². The van der Waals surface area contributed by atoms with Crippen molar-refractivity contribution in [2.75, 3.05) is 13.1 Å². The first-order valence-electron chi connectivity index (χ1n) is 8.85. The number of likely N-dealkylation sites (tertiary alicyclic amines) is 1. The Bertz CT molecular complexity index is 1090. The van der Waals surface area contributed by atoms with Gasteiger partial charge >= 0.3 is 11.7 Å². The zero-order chi connectivity index (χ0) is 20.2. The first kappa shape index (κ1) is 18.0. The summed E-state index contributed by atoms with van der Waals surface area (Å²) in [6.45, 7) is 0.235. The Hall–Kier alpha value is -3.43. The van der Waals surface area contributed by atoms with Crippen molar-refractivity contribution in [3.05, 3.63) is 34.2 Å². The molecule has 2 aromatic rings. The van der Waals surface area contributed by atoms with Crippen molar-refractivity contribution in [1.82, 2.24) is 19.4 Å². The highest BCUT2D eigenvalue weighted by Gasteiger charge is 2.37. The molecule has 2 fully saturated rings. The average molecular weight is 386 g/mol. The highest BCUT2D eigenvalue weighted by molar-refractivity contribution is 6.06. The van der Waals surface area contributed by atoms with Gasteiger partial charge in [-0.1, -0.05) is 6.07 Å². The molecule has 0 radical (unpaired) electrons. The van der Waals surface area contributed by atoms with Gasteiger partial charge in [0.2, 0.25) is 11.8 Å². The number of piperidine rings is 1. The van der Waals surface area contributed by atoms with Crippen LogP contribution in [0.4, 0.5) is 0 Å². The van der Waals surface area contributed by atoms with E-state index in [0.29, 0.717) is 11.0 Å². The minimum Gasteiger partial charge on any atom is -0.481 e. The van der Waals surface area contributed by atoms with Crippen LogP contribution < -0.4 is 11.0 Å². The van der Waals surface area contributed by atoms with Crippen LogP contribution in [-0.4, -0.2) is 55.9 Å². The van der Waals surface area contributed by atoms with Crippen LogP contribution in [0.2, 0.25) is 0 Å². The van der Waals surface area contributed by atoms with Crippen LogP contribution in [0.15, 0.2) is 23.0 Å². The van der Waals surface area contributed by atoms with E-state index in [-0.39, 0.29) is 43.3 Å². The number of hydrogen-bond acceptors (Lipinski definition) is 5. The van der Waals surface area contributed by atoms with Crippen molar-refractivity contribution in [1.29, 1.82) is 0 Å². The lowest BCUT2D eigenvalue weighted by atomic mass is 9.98. The number of para-hydroxylation sites is 1. The summed E-state index contributed by atoms with van der Waals surface area (Å²) in [4.78, 5) is 61.8. The van der Waals surface area contributed by atoms with Crippen molar-refractivity contribution >= 4 is 34.7 Å². The van der Waals surface area contributed by atoms with Crippen molar-refractivity contribution in [2.24, 2.45) is 13.0 Å². The van der Waals surface area contributed by atoms with E-state index >= 15 is 0 Å². The minimum absolute atomic E-state index is 0.117. The molecular weight excluding hydrogens is 368 g/mol. The number of amides is 3. The van der Waals surface area contributed by atoms with Crippen molar-refractivity contribution in [2.45, 2.75) is 18.9 Å². The number of aliphatic carboxylic acids is 1. The van der Waals surface area contributed by atoms with Crippen LogP contribution in [0.3, 0.4) is 0 Å². The molecule has 3 amide bonds. The zero-order valence-electron chi connectivity index (χ0n) is 15.0. The van der Waals surface area contributed by atoms with E-state index in [1.54, 1.807) is 18.2 Å². The summed E-state index contributed by atoms with van der Waals surface area (Å²) in [6.07, 6.45) is 0.330. The van der Waals surface area contributed by atoms with Gasteiger partial charge in [-0.25, -0.2) is 4.79 Å². The summed E-state index contributed by atoms with van der Waals surface area (Å²) in [6, 6.07) is 4.01. The Morgan fingerprint density at radius 3 is 2.54 bits per heavy atom. The number of aromatic nitrogens is 2. The number of carbonyl (C=O) groups is 4. The van der Waals surface area contributed by atoms with Crippen LogP contribution in [0.5, 0.6) is 0 Å². The molecule has 0 aliphatic carbocycles. The Labute approximate surface area is 158 Å². The van der Waals surface area contributed by atoms with Crippen LogP contribution in [-0.2, 0) is 21.4 Å². The number of nitrogens with zero attached hydrogens (tertiary/aromatic N) is 3. The van der Waals surface area contributed by atoms with Crippen LogP contribution >= 0.6 is 0 Å². The molecule has 2 saturated heterocycles. The number of carboxylic acids is 1. The smallest absolute Gasteiger partial charge is 0.329 e. The highest BCUT2D eigenvalue weighted by Crippen LogP contribution is 2.27. The van der Waals surface area contributed by atoms with Gasteiger partial charge in [0.15, 0.2) is 0 Å². The van der Waals surface area contributed by atoms with Gasteiger partial charge in [0.25, 0.3) is 5.91 Å². The topological polar surface area (TPSA) is 131 Å². The molecule has 28 heavy (non-hydrogen) atoms. The molecule has 1 atom stereocenters. The molecule has 2 aliphatic rings. The van der Waals surface area contributed by atoms with E-state index in [4.69, 9.17) is 5.11 Å². The van der Waals surface area contributed by atoms with Crippen LogP contribution in [0.1, 0.15) is 29.2 Å². The quantitative estimate of drug-likeness (QED) is 0.682. The maximum atomic E-state index is 12.8. The number of aryl methyl sites for hydroxylation is 1. The molecule has 146 valence electrons. The van der Waals surface area contributed by atoms with E-state index < -0.39 is 29.5 Å². The molecule has 2 aliphatic heterocycles. The molecule has 10 nitrogen and oxygen atoms in total. The van der Waals surface area contributed by atoms with Gasteiger partial charge in [-0.15, -0.1) is 0 Å². The standard InChI is InChI=1S/C18H18N4O6/c1-20-14-10(16(25)21-7-9(8-21)17(26)27)3-2-4-11(14)22(18(20)28)12-5-6-13(23)19-15(12)24/h2-4,9,12H,5-8H2,1H3,(H,26,27)(H,19,23,24). The van der Waals surface area contributed by atoms with E-state index in [0.717, 1.165) is 0 Å². The van der Waals surface area contributed by atoms with Gasteiger partial charge < -0.3 is 10.0 Å². The number of nitrogens with one attached hydrogen (secondary N) is 1. The van der Waals surface area contributed by atoms with E-state index in [9.17, 15) is 24.0 Å². The summed E-state index contributed by atoms with van der Waals surface area (Å²) in [5.74, 6) is -2.82. The third-order valence-corrected chi connectivity index (χ3v) is 5.37. The predicted octanol–water partition coefficient (Wildman–Crippen LogP) is -0.526. The summed E-state index contributed by atoms with van der Waals surface area (Å²) in [7, 11) is 1.51. The molecular formula is C18H18N4O6. The zero-order valence-corrected chi connectivity index (χ0v) is 15.0. The minimum atomic E-state index is -0.946. The second kappa shape index (κ2) is 6.32. The lowest BCUT2D eigenvalue weighted by Gasteiger charge is -2.36. The third-order valence-electron chi connectivity index (χ3n) is 5.37. The predicted molar refractivity (Wildman–Crippen MR) is 95.6 cm³/mol. The molecule has 10 heteroatoms. The normalized spacial score (nSPS) is 20.2. The first-order valence-corrected chi connectivity index (χ1v) is 8.85. The maximum absolute atomic E-state index is 12.8. The second-order valence-electron chi connectivity index (χ2n) is 7.10. The summed E-state index contributed by atoms with van der Waals surface area (Å²) in [5.41, 5.74) is 0.605. The largest absolute Gasteiger partial charge is 0.481 e. The highest BCUT2D eigenvalue weighted by atomic mass is 16.4. The molecule has 1 aromatic heterocycles. The number of hydrogen-bond donors (Lipinski definition) is 2. The Kier molecular flexibility index (Phi) is 4.06. The Balaban J connectivity index is 1.76. The van der Waals surface area contributed by atoms with Gasteiger partial charge in [0, 0.05) is 26.6 Å². The molecule has 2 N–H and O–H groups in total. The maximum Gasteiger partial charge on any atom is 0.329 e. The Morgan fingerprint density at radius 1 is 1.18 bits per heavy atom. The Morgan fingerprint density at radius 2 is 1.89 bits per heavy atom. The molecule has 1 unspecified atom stereocenters. The number of benzene rings is 1. The van der Waals surface area contributed by atoms with Gasteiger partial charge in [-0.3, -0.25) is 33.6 Å². The molecule has 0 saturated carbocycles. The lowest BCUT2D eigenvalue weighted by molar-refractivity contribution is -0.146. The van der Waals surface area contributed by atoms with Crippen LogP contribution in [0, 0.1) is 5.92 Å². The second-order valence-corrected chi connectivity index (χ2v) is 7.10. The molecule has 3 heterocycles. The van der Waals surface area contributed by atoms with Gasteiger partial charge in [0.05, 0.1) is 22.5 Å². The van der Waals surface area contributed by atoms with Crippen molar-refractivity contribution in [3.8, 4) is 0 Å². The summed E-state index contributed by atoms with van der Waals surface area (Å²) in [5, 5.41) is 11.2. The fourth-order valence-corrected chi connectivity index (χ4v) is 3.81. The van der Waals surface area contributed by atoms with E-state index in [1.165, 1.54) is 21.1 Å². The van der Waals surface area contributed by atoms with Gasteiger partial charge in [-0.05, 0) is 18.6 Å². The van der Waals surface area contributed by atoms with Gasteiger partial charge in [-0.2, -0.15) is 0 Å². The fraction of sp³-hybridized carbons (Fsp3) is 0.389. The average Bonchev–Trinajstić information content (AvgIpc) is 2.85. The molecule has 4 rings (SSSR count). The lowest BCUT2D eigenvalue weighted by Crippen LogP contribution is -2.53. The summed E-state index contributed by atoms with van der Waals surface area (Å²) >= 11 is 0. The van der Waals surface area contributed by atoms with Crippen molar-refractivity contribution < 1.29 is 24.3 Å². The number of carboxylic acid groups (broad SMARTS) is 1. The van der Waals surface area contributed by atoms with E-state index in [1.807, 2.05) is 0 Å². The van der Waals surface area contributed by atoms with Gasteiger partial charge in [0.1, 0.15) is 6.04 Å². The van der Waals surface area contributed by atoms with E-state index in [2.05, 4.69) is 5.32 Å². The SMILES string of the molecule is Cn1c(=O)n(C2CCC(=O)NC2=O)c2cccc(C(=O)N3CC(C(=O)O)C3)c21. The number of imide groups is 1. The molecule has 1 aromatic carbocycles. The number of carbonyl (C=O) groups excluding carboxylic acids is 3. The van der Waals surface area contributed by atoms with Crippen molar-refractivity contribution in [3.63, 3.8) is 0 Å². The first-order chi connectivity index (χ1) is 13.3. The monoisotopic (exact) mass is 386 g/mol. The third kappa shape index (κ3) is 2.60. The molecule has 0 spiro atoms.